The Bertz CT molecular complexity index is 954. The number of benzene rings is 2. The molecule has 164 valence electrons. The SMILES string of the molecule is O=C(c1ccccc1OCc1ccc(Cl)cc1Cl)N1CCN(C(=O)C2CCCO2)CC1. The lowest BCUT2D eigenvalue weighted by atomic mass is 10.1. The number of carbonyl (C=O) groups is 2. The van der Waals surface area contributed by atoms with Crippen LogP contribution in [0.3, 0.4) is 0 Å². The zero-order valence-electron chi connectivity index (χ0n) is 17.1. The molecule has 2 aromatic rings. The van der Waals surface area contributed by atoms with Crippen LogP contribution in [-0.4, -0.2) is 60.5 Å². The Hall–Kier alpha value is -2.28. The number of piperazine rings is 1. The van der Waals surface area contributed by atoms with E-state index in [4.69, 9.17) is 32.7 Å². The van der Waals surface area contributed by atoms with E-state index in [-0.39, 0.29) is 24.5 Å². The first-order valence-corrected chi connectivity index (χ1v) is 11.1. The molecule has 2 heterocycles. The number of ether oxygens (including phenoxy) is 2. The maximum Gasteiger partial charge on any atom is 0.257 e. The van der Waals surface area contributed by atoms with Crippen molar-refractivity contribution in [3.05, 3.63) is 63.6 Å². The summed E-state index contributed by atoms with van der Waals surface area (Å²) < 4.78 is 11.4. The van der Waals surface area contributed by atoms with E-state index < -0.39 is 0 Å². The second-order valence-electron chi connectivity index (χ2n) is 7.64. The molecule has 2 fully saturated rings. The summed E-state index contributed by atoms with van der Waals surface area (Å²) in [7, 11) is 0. The van der Waals surface area contributed by atoms with Crippen LogP contribution < -0.4 is 4.74 Å². The van der Waals surface area contributed by atoms with E-state index >= 15 is 0 Å². The minimum Gasteiger partial charge on any atom is -0.488 e. The van der Waals surface area contributed by atoms with Gasteiger partial charge >= 0.3 is 0 Å². The second-order valence-corrected chi connectivity index (χ2v) is 8.48. The molecule has 0 saturated carbocycles. The first kappa shape index (κ1) is 21.9. The maximum atomic E-state index is 13.2. The van der Waals surface area contributed by atoms with Gasteiger partial charge in [0.15, 0.2) is 0 Å². The number of halogens is 2. The first-order valence-electron chi connectivity index (χ1n) is 10.4. The largest absolute Gasteiger partial charge is 0.488 e. The van der Waals surface area contributed by atoms with Crippen molar-refractivity contribution in [3.63, 3.8) is 0 Å². The maximum absolute atomic E-state index is 13.2. The van der Waals surface area contributed by atoms with Gasteiger partial charge in [-0.25, -0.2) is 0 Å². The lowest BCUT2D eigenvalue weighted by Crippen LogP contribution is -2.52. The van der Waals surface area contributed by atoms with E-state index in [1.54, 1.807) is 40.1 Å². The van der Waals surface area contributed by atoms with Gasteiger partial charge in [-0.15, -0.1) is 0 Å². The van der Waals surface area contributed by atoms with E-state index in [2.05, 4.69) is 0 Å². The zero-order valence-corrected chi connectivity index (χ0v) is 18.6. The fraction of sp³-hybridized carbons (Fsp3) is 0.391. The van der Waals surface area contributed by atoms with Crippen LogP contribution in [0.5, 0.6) is 5.75 Å². The average molecular weight is 463 g/mol. The summed E-state index contributed by atoms with van der Waals surface area (Å²) in [5.74, 6) is 0.423. The molecule has 1 atom stereocenters. The van der Waals surface area contributed by atoms with Gasteiger partial charge in [-0.3, -0.25) is 9.59 Å². The third-order valence-corrected chi connectivity index (χ3v) is 6.19. The summed E-state index contributed by atoms with van der Waals surface area (Å²) in [6.45, 7) is 2.85. The van der Waals surface area contributed by atoms with Gasteiger partial charge in [-0.05, 0) is 37.1 Å². The number of hydrogen-bond acceptors (Lipinski definition) is 4. The van der Waals surface area contributed by atoms with E-state index in [9.17, 15) is 9.59 Å². The summed E-state index contributed by atoms with van der Waals surface area (Å²) in [6.07, 6.45) is 1.38. The van der Waals surface area contributed by atoms with Crippen LogP contribution in [0, 0.1) is 0 Å². The van der Waals surface area contributed by atoms with Crippen LogP contribution in [-0.2, 0) is 16.1 Å². The highest BCUT2D eigenvalue weighted by molar-refractivity contribution is 6.35. The normalized spacial score (nSPS) is 18.8. The van der Waals surface area contributed by atoms with E-state index in [1.165, 1.54) is 0 Å². The summed E-state index contributed by atoms with van der Waals surface area (Å²) in [6, 6.07) is 12.4. The van der Waals surface area contributed by atoms with Crippen LogP contribution in [0.25, 0.3) is 0 Å². The molecule has 8 heteroatoms. The number of carbonyl (C=O) groups excluding carboxylic acids is 2. The van der Waals surface area contributed by atoms with Crippen molar-refractivity contribution in [1.82, 2.24) is 9.80 Å². The molecular formula is C23H24Cl2N2O4. The number of amides is 2. The third-order valence-electron chi connectivity index (χ3n) is 5.60. The number of nitrogens with zero attached hydrogens (tertiary/aromatic N) is 2. The van der Waals surface area contributed by atoms with Gasteiger partial charge in [0, 0.05) is 48.4 Å². The molecule has 2 aliphatic rings. The summed E-state index contributed by atoms with van der Waals surface area (Å²) in [5, 5.41) is 1.07. The van der Waals surface area contributed by atoms with Crippen LogP contribution in [0.2, 0.25) is 10.0 Å². The topological polar surface area (TPSA) is 59.1 Å². The lowest BCUT2D eigenvalue weighted by Gasteiger charge is -2.36. The van der Waals surface area contributed by atoms with Crippen molar-refractivity contribution in [2.24, 2.45) is 0 Å². The Kier molecular flexibility index (Phi) is 7.00. The Labute approximate surface area is 191 Å². The van der Waals surface area contributed by atoms with Crippen LogP contribution in [0.15, 0.2) is 42.5 Å². The van der Waals surface area contributed by atoms with Gasteiger partial charge in [0.05, 0.1) is 5.56 Å². The van der Waals surface area contributed by atoms with E-state index in [0.29, 0.717) is 54.1 Å². The molecule has 4 rings (SSSR count). The van der Waals surface area contributed by atoms with Gasteiger partial charge in [0.1, 0.15) is 18.5 Å². The third kappa shape index (κ3) is 5.14. The van der Waals surface area contributed by atoms with Crippen LogP contribution >= 0.6 is 23.2 Å². The Morgan fingerprint density at radius 2 is 1.77 bits per heavy atom. The smallest absolute Gasteiger partial charge is 0.257 e. The molecule has 0 spiro atoms. The molecule has 2 aromatic carbocycles. The number of hydrogen-bond donors (Lipinski definition) is 0. The quantitative estimate of drug-likeness (QED) is 0.672. The molecule has 0 N–H and O–H groups in total. The van der Waals surface area contributed by atoms with Gasteiger partial charge in [0.2, 0.25) is 0 Å². The second kappa shape index (κ2) is 9.90. The molecule has 2 aliphatic heterocycles. The minimum absolute atomic E-state index is 0.0353. The number of rotatable bonds is 5. The van der Waals surface area contributed by atoms with Crippen molar-refractivity contribution < 1.29 is 19.1 Å². The van der Waals surface area contributed by atoms with Crippen molar-refractivity contribution in [2.75, 3.05) is 32.8 Å². The average Bonchev–Trinajstić information content (AvgIpc) is 3.33. The molecule has 31 heavy (non-hydrogen) atoms. The van der Waals surface area contributed by atoms with Gasteiger partial charge < -0.3 is 19.3 Å². The molecule has 0 aliphatic carbocycles. The lowest BCUT2D eigenvalue weighted by molar-refractivity contribution is -0.142. The summed E-state index contributed by atoms with van der Waals surface area (Å²) >= 11 is 12.2. The van der Waals surface area contributed by atoms with Crippen molar-refractivity contribution in [2.45, 2.75) is 25.6 Å². The highest BCUT2D eigenvalue weighted by Gasteiger charge is 2.32. The van der Waals surface area contributed by atoms with Crippen molar-refractivity contribution >= 4 is 35.0 Å². The van der Waals surface area contributed by atoms with Gasteiger partial charge in [-0.1, -0.05) is 41.4 Å². The van der Waals surface area contributed by atoms with Crippen molar-refractivity contribution in [1.29, 1.82) is 0 Å². The predicted molar refractivity (Wildman–Crippen MR) is 119 cm³/mol. The molecule has 0 radical (unpaired) electrons. The molecule has 2 amide bonds. The monoisotopic (exact) mass is 462 g/mol. The Morgan fingerprint density at radius 3 is 2.48 bits per heavy atom. The first-order chi connectivity index (χ1) is 15.0. The van der Waals surface area contributed by atoms with Crippen molar-refractivity contribution in [3.8, 4) is 5.75 Å². The molecule has 0 bridgehead atoms. The summed E-state index contributed by atoms with van der Waals surface area (Å²) in [5.41, 5.74) is 1.28. The predicted octanol–water partition coefficient (Wildman–Crippen LogP) is 4.04. The molecule has 1 unspecified atom stereocenters. The standard InChI is InChI=1S/C23H24Cl2N2O4/c24-17-8-7-16(19(25)14-17)15-31-20-5-2-1-4-18(20)22(28)26-9-11-27(12-10-26)23(29)21-6-3-13-30-21/h1-2,4-5,7-8,14,21H,3,6,9-13,15H2. The fourth-order valence-corrected chi connectivity index (χ4v) is 4.30. The van der Waals surface area contributed by atoms with Crippen LogP contribution in [0.4, 0.5) is 0 Å². The van der Waals surface area contributed by atoms with Crippen LogP contribution in [0.1, 0.15) is 28.8 Å². The van der Waals surface area contributed by atoms with E-state index in [0.717, 1.165) is 18.4 Å². The number of para-hydroxylation sites is 1. The molecule has 6 nitrogen and oxygen atoms in total. The highest BCUT2D eigenvalue weighted by Crippen LogP contribution is 2.26. The molecular weight excluding hydrogens is 439 g/mol. The van der Waals surface area contributed by atoms with Gasteiger partial charge in [-0.2, -0.15) is 0 Å². The van der Waals surface area contributed by atoms with E-state index in [1.807, 2.05) is 12.1 Å². The zero-order chi connectivity index (χ0) is 21.8. The summed E-state index contributed by atoms with van der Waals surface area (Å²) in [4.78, 5) is 29.2. The minimum atomic E-state index is -0.323. The molecule has 2 saturated heterocycles. The Balaban J connectivity index is 1.38. The fourth-order valence-electron chi connectivity index (χ4n) is 3.84. The highest BCUT2D eigenvalue weighted by atomic mass is 35.5. The van der Waals surface area contributed by atoms with Gasteiger partial charge in [0.25, 0.3) is 11.8 Å². The Morgan fingerprint density at radius 1 is 1.03 bits per heavy atom. The molecule has 0 aromatic heterocycles.